The number of nitrogens with zero attached hydrogens (tertiary/aromatic N) is 2. The van der Waals surface area contributed by atoms with E-state index in [1.807, 2.05) is 36.3 Å². The molecule has 1 aromatic carbocycles. The van der Waals surface area contributed by atoms with Gasteiger partial charge in [0.1, 0.15) is 0 Å². The summed E-state index contributed by atoms with van der Waals surface area (Å²) in [6.45, 7) is 4.91. The van der Waals surface area contributed by atoms with Gasteiger partial charge in [-0.3, -0.25) is 4.79 Å². The molecule has 1 unspecified atom stereocenters. The molecule has 0 N–H and O–H groups in total. The number of amides is 1. The molecule has 1 aliphatic carbocycles. The van der Waals surface area contributed by atoms with Crippen LogP contribution in [0.1, 0.15) is 60.6 Å². The van der Waals surface area contributed by atoms with Crippen molar-refractivity contribution in [1.82, 2.24) is 9.88 Å². The Bertz CT molecular complexity index is 993. The Balaban J connectivity index is 1.69. The summed E-state index contributed by atoms with van der Waals surface area (Å²) >= 11 is 1.61. The molecule has 2 aliphatic rings. The van der Waals surface area contributed by atoms with Crippen molar-refractivity contribution in [3.05, 3.63) is 45.9 Å². The van der Waals surface area contributed by atoms with E-state index in [1.165, 1.54) is 0 Å². The highest BCUT2D eigenvalue weighted by molar-refractivity contribution is 7.93. The number of hydrogen-bond donors (Lipinski definition) is 0. The summed E-state index contributed by atoms with van der Waals surface area (Å²) in [6.07, 6.45) is 6.06. The van der Waals surface area contributed by atoms with Crippen molar-refractivity contribution in [2.45, 2.75) is 67.9 Å². The number of likely N-dealkylation sites (tertiary alicyclic amines) is 1. The second kappa shape index (κ2) is 7.84. The highest BCUT2D eigenvalue weighted by Gasteiger charge is 2.55. The zero-order valence-corrected chi connectivity index (χ0v) is 18.7. The molecule has 1 saturated heterocycles. The second-order valence-corrected chi connectivity index (χ2v) is 11.6. The molecule has 2 fully saturated rings. The SMILES string of the molecule is Cc1ccc(C)c(S(=O)(=O)C2(C(=O)N3CCCC(c4nccs4)C3)CCCC2)c1. The Morgan fingerprint density at radius 2 is 1.97 bits per heavy atom. The first-order chi connectivity index (χ1) is 13.8. The zero-order chi connectivity index (χ0) is 20.6. The third-order valence-electron chi connectivity index (χ3n) is 6.46. The van der Waals surface area contributed by atoms with Gasteiger partial charge in [0, 0.05) is 30.6 Å². The molecule has 1 saturated carbocycles. The highest BCUT2D eigenvalue weighted by Crippen LogP contribution is 2.44. The third-order valence-corrected chi connectivity index (χ3v) is 10.0. The summed E-state index contributed by atoms with van der Waals surface area (Å²) in [5, 5.41) is 3.00. The van der Waals surface area contributed by atoms with Crippen LogP contribution in [0.15, 0.2) is 34.7 Å². The van der Waals surface area contributed by atoms with Crippen molar-refractivity contribution >= 4 is 27.1 Å². The molecule has 156 valence electrons. The molecule has 1 amide bonds. The van der Waals surface area contributed by atoms with Crippen LogP contribution in [-0.4, -0.2) is 42.0 Å². The molecular weight excluding hydrogens is 404 g/mol. The van der Waals surface area contributed by atoms with Gasteiger partial charge in [-0.25, -0.2) is 13.4 Å². The van der Waals surface area contributed by atoms with E-state index < -0.39 is 14.6 Å². The van der Waals surface area contributed by atoms with Gasteiger partial charge in [-0.2, -0.15) is 0 Å². The standard InChI is InChI=1S/C22H28N2O3S2/c1-16-7-8-17(2)19(14-16)29(26,27)22(9-3-4-10-22)21(25)24-12-5-6-18(15-24)20-23-11-13-28-20/h7-8,11,13-14,18H,3-6,9-10,12,15H2,1-2H3. The molecular formula is C22H28N2O3S2. The third kappa shape index (κ3) is 3.52. The van der Waals surface area contributed by atoms with Gasteiger partial charge in [-0.15, -0.1) is 11.3 Å². The molecule has 5 nitrogen and oxygen atoms in total. The lowest BCUT2D eigenvalue weighted by Gasteiger charge is -2.38. The van der Waals surface area contributed by atoms with E-state index >= 15 is 0 Å². The van der Waals surface area contributed by atoms with Gasteiger partial charge in [0.25, 0.3) is 0 Å². The van der Waals surface area contributed by atoms with Crippen molar-refractivity contribution in [2.75, 3.05) is 13.1 Å². The van der Waals surface area contributed by atoms with Crippen molar-refractivity contribution < 1.29 is 13.2 Å². The van der Waals surface area contributed by atoms with Crippen LogP contribution >= 0.6 is 11.3 Å². The van der Waals surface area contributed by atoms with Gasteiger partial charge >= 0.3 is 0 Å². The highest BCUT2D eigenvalue weighted by atomic mass is 32.2. The van der Waals surface area contributed by atoms with E-state index in [0.29, 0.717) is 36.4 Å². The van der Waals surface area contributed by atoms with Crippen molar-refractivity contribution in [1.29, 1.82) is 0 Å². The fourth-order valence-corrected chi connectivity index (χ4v) is 8.05. The maximum absolute atomic E-state index is 13.9. The molecule has 2 heterocycles. The summed E-state index contributed by atoms with van der Waals surface area (Å²) in [7, 11) is -3.78. The number of carbonyl (C=O) groups excluding carboxylic acids is 1. The average molecular weight is 433 g/mol. The maximum atomic E-state index is 13.9. The van der Waals surface area contributed by atoms with Gasteiger partial charge in [0.15, 0.2) is 14.6 Å². The monoisotopic (exact) mass is 432 g/mol. The van der Waals surface area contributed by atoms with Crippen LogP contribution in [0.25, 0.3) is 0 Å². The van der Waals surface area contributed by atoms with Crippen LogP contribution in [0.4, 0.5) is 0 Å². The Hall–Kier alpha value is -1.73. The minimum Gasteiger partial charge on any atom is -0.341 e. The number of sulfone groups is 1. The number of piperidine rings is 1. The zero-order valence-electron chi connectivity index (χ0n) is 17.1. The predicted octanol–water partition coefficient (Wildman–Crippen LogP) is 4.25. The van der Waals surface area contributed by atoms with E-state index in [1.54, 1.807) is 23.6 Å². The van der Waals surface area contributed by atoms with Crippen LogP contribution in [0, 0.1) is 13.8 Å². The molecule has 0 spiro atoms. The van der Waals surface area contributed by atoms with Crippen LogP contribution in [0.3, 0.4) is 0 Å². The summed E-state index contributed by atoms with van der Waals surface area (Å²) in [6, 6.07) is 5.49. The van der Waals surface area contributed by atoms with Gasteiger partial charge in [-0.05, 0) is 56.7 Å². The smallest absolute Gasteiger partial charge is 0.244 e. The Morgan fingerprint density at radius 1 is 1.21 bits per heavy atom. The first-order valence-corrected chi connectivity index (χ1v) is 12.7. The number of benzene rings is 1. The minimum atomic E-state index is -3.78. The van der Waals surface area contributed by atoms with Gasteiger partial charge < -0.3 is 4.90 Å². The Kier molecular flexibility index (Phi) is 5.55. The molecule has 1 atom stereocenters. The average Bonchev–Trinajstić information content (AvgIpc) is 3.42. The topological polar surface area (TPSA) is 67.3 Å². The van der Waals surface area contributed by atoms with Crippen LogP contribution in [0.2, 0.25) is 0 Å². The number of carbonyl (C=O) groups is 1. The number of aryl methyl sites for hydroxylation is 2. The molecule has 0 radical (unpaired) electrons. The first kappa shape index (κ1) is 20.5. The van der Waals surface area contributed by atoms with Crippen molar-refractivity contribution in [2.24, 2.45) is 0 Å². The fourth-order valence-electron chi connectivity index (χ4n) is 4.84. The van der Waals surface area contributed by atoms with Crippen LogP contribution in [0.5, 0.6) is 0 Å². The van der Waals surface area contributed by atoms with E-state index in [4.69, 9.17) is 0 Å². The molecule has 4 rings (SSSR count). The Morgan fingerprint density at radius 3 is 2.66 bits per heavy atom. The molecule has 1 aromatic heterocycles. The number of aromatic nitrogens is 1. The number of thiazole rings is 1. The minimum absolute atomic E-state index is 0.197. The van der Waals surface area contributed by atoms with Crippen molar-refractivity contribution in [3.8, 4) is 0 Å². The van der Waals surface area contributed by atoms with Gasteiger partial charge in [-0.1, -0.05) is 25.0 Å². The second-order valence-electron chi connectivity index (χ2n) is 8.43. The van der Waals surface area contributed by atoms with Crippen LogP contribution in [-0.2, 0) is 14.6 Å². The van der Waals surface area contributed by atoms with E-state index in [-0.39, 0.29) is 11.8 Å². The van der Waals surface area contributed by atoms with E-state index in [2.05, 4.69) is 4.98 Å². The summed E-state index contributed by atoms with van der Waals surface area (Å²) in [5.41, 5.74) is 1.62. The quantitative estimate of drug-likeness (QED) is 0.724. The molecule has 7 heteroatoms. The lowest BCUT2D eigenvalue weighted by atomic mass is 9.96. The summed E-state index contributed by atoms with van der Waals surface area (Å²) in [5.74, 6) is 0.00623. The number of hydrogen-bond acceptors (Lipinski definition) is 5. The fraction of sp³-hybridized carbons (Fsp3) is 0.545. The van der Waals surface area contributed by atoms with Gasteiger partial charge in [0.2, 0.25) is 5.91 Å². The summed E-state index contributed by atoms with van der Waals surface area (Å²) < 4.78 is 26.4. The van der Waals surface area contributed by atoms with Crippen molar-refractivity contribution in [3.63, 3.8) is 0 Å². The summed E-state index contributed by atoms with van der Waals surface area (Å²) in [4.78, 5) is 20.3. The Labute approximate surface area is 177 Å². The maximum Gasteiger partial charge on any atom is 0.244 e. The number of rotatable bonds is 4. The van der Waals surface area contributed by atoms with E-state index in [9.17, 15) is 13.2 Å². The van der Waals surface area contributed by atoms with E-state index in [0.717, 1.165) is 36.3 Å². The molecule has 0 bridgehead atoms. The van der Waals surface area contributed by atoms with Crippen LogP contribution < -0.4 is 0 Å². The largest absolute Gasteiger partial charge is 0.341 e. The normalized spacial score (nSPS) is 22.0. The lowest BCUT2D eigenvalue weighted by molar-refractivity contribution is -0.135. The first-order valence-electron chi connectivity index (χ1n) is 10.4. The lowest BCUT2D eigenvalue weighted by Crippen LogP contribution is -2.54. The predicted molar refractivity (Wildman–Crippen MR) is 115 cm³/mol. The van der Waals surface area contributed by atoms with Gasteiger partial charge in [0.05, 0.1) is 9.90 Å². The molecule has 29 heavy (non-hydrogen) atoms. The molecule has 1 aliphatic heterocycles. The molecule has 2 aromatic rings.